The average Bonchev–Trinajstić information content (AvgIpc) is 3.10. The molecular formula is C21H22N2OS2. The second kappa shape index (κ2) is 8.52. The van der Waals surface area contributed by atoms with Gasteiger partial charge in [-0.1, -0.05) is 36.8 Å². The van der Waals surface area contributed by atoms with Crippen LogP contribution < -0.4 is 4.90 Å². The number of hydrogen-bond acceptors (Lipinski definition) is 4. The van der Waals surface area contributed by atoms with Gasteiger partial charge in [-0.2, -0.15) is 0 Å². The molecule has 0 radical (unpaired) electrons. The first-order chi connectivity index (χ1) is 12.6. The highest BCUT2D eigenvalue weighted by molar-refractivity contribution is 7.98. The van der Waals surface area contributed by atoms with Gasteiger partial charge >= 0.3 is 0 Å². The SMILES string of the molecule is CCc1ccc(N(C(C)=O)c2nc(CSc3ccc(C)cc3)cs2)cc1. The highest BCUT2D eigenvalue weighted by Crippen LogP contribution is 2.31. The molecule has 0 bridgehead atoms. The molecule has 0 aliphatic heterocycles. The Morgan fingerprint density at radius 1 is 1.12 bits per heavy atom. The molecule has 0 N–H and O–H groups in total. The molecule has 5 heteroatoms. The number of benzene rings is 2. The topological polar surface area (TPSA) is 33.2 Å². The predicted octanol–water partition coefficient (Wildman–Crippen LogP) is 5.99. The van der Waals surface area contributed by atoms with Crippen LogP contribution in [0.5, 0.6) is 0 Å². The maximum atomic E-state index is 12.2. The zero-order chi connectivity index (χ0) is 18.5. The van der Waals surface area contributed by atoms with Crippen molar-refractivity contribution < 1.29 is 4.79 Å². The van der Waals surface area contributed by atoms with Crippen LogP contribution in [0.3, 0.4) is 0 Å². The number of nitrogens with zero attached hydrogens (tertiary/aromatic N) is 2. The van der Waals surface area contributed by atoms with E-state index >= 15 is 0 Å². The zero-order valence-electron chi connectivity index (χ0n) is 15.2. The number of aromatic nitrogens is 1. The standard InChI is InChI=1S/C21H22N2OS2/c1-4-17-7-9-19(10-8-17)23(16(3)24)21-22-18(14-26-21)13-25-20-11-5-15(2)6-12-20/h5-12,14H,4,13H2,1-3H3. The summed E-state index contributed by atoms with van der Waals surface area (Å²) >= 11 is 3.27. The van der Waals surface area contributed by atoms with Gasteiger partial charge in [0, 0.05) is 23.0 Å². The molecule has 1 heterocycles. The minimum absolute atomic E-state index is 0.0265. The van der Waals surface area contributed by atoms with Crippen molar-refractivity contribution in [3.05, 3.63) is 70.7 Å². The Kier molecular flexibility index (Phi) is 6.12. The monoisotopic (exact) mass is 382 g/mol. The highest BCUT2D eigenvalue weighted by atomic mass is 32.2. The Hall–Kier alpha value is -2.11. The zero-order valence-corrected chi connectivity index (χ0v) is 16.9. The summed E-state index contributed by atoms with van der Waals surface area (Å²) in [5.41, 5.74) is 4.37. The van der Waals surface area contributed by atoms with Crippen LogP contribution in [0.15, 0.2) is 58.8 Å². The molecular weight excluding hydrogens is 360 g/mol. The van der Waals surface area contributed by atoms with Crippen LogP contribution in [0.2, 0.25) is 0 Å². The van der Waals surface area contributed by atoms with Gasteiger partial charge in [-0.05, 0) is 43.2 Å². The summed E-state index contributed by atoms with van der Waals surface area (Å²) in [6.45, 7) is 5.79. The van der Waals surface area contributed by atoms with Gasteiger partial charge in [0.25, 0.3) is 0 Å². The van der Waals surface area contributed by atoms with Crippen LogP contribution in [0.1, 0.15) is 30.7 Å². The molecule has 0 saturated carbocycles. The number of thiazole rings is 1. The van der Waals surface area contributed by atoms with E-state index < -0.39 is 0 Å². The summed E-state index contributed by atoms with van der Waals surface area (Å²) in [6, 6.07) is 16.6. The van der Waals surface area contributed by atoms with Crippen LogP contribution in [0, 0.1) is 6.92 Å². The maximum absolute atomic E-state index is 12.2. The minimum Gasteiger partial charge on any atom is -0.274 e. The smallest absolute Gasteiger partial charge is 0.230 e. The summed E-state index contributed by atoms with van der Waals surface area (Å²) in [4.78, 5) is 19.8. The first-order valence-electron chi connectivity index (χ1n) is 8.60. The molecule has 1 amide bonds. The lowest BCUT2D eigenvalue weighted by Gasteiger charge is -2.18. The van der Waals surface area contributed by atoms with Crippen molar-refractivity contribution in [1.29, 1.82) is 0 Å². The fourth-order valence-electron chi connectivity index (χ4n) is 2.56. The molecule has 3 aromatic rings. The van der Waals surface area contributed by atoms with Gasteiger partial charge in [0.1, 0.15) is 0 Å². The molecule has 0 fully saturated rings. The third-order valence-electron chi connectivity index (χ3n) is 4.06. The summed E-state index contributed by atoms with van der Waals surface area (Å²) in [7, 11) is 0. The molecule has 26 heavy (non-hydrogen) atoms. The summed E-state index contributed by atoms with van der Waals surface area (Å²) in [5, 5.41) is 2.76. The predicted molar refractivity (Wildman–Crippen MR) is 111 cm³/mol. The summed E-state index contributed by atoms with van der Waals surface area (Å²) in [5.74, 6) is 0.765. The summed E-state index contributed by atoms with van der Waals surface area (Å²) < 4.78 is 0. The Bertz CT molecular complexity index is 870. The van der Waals surface area contributed by atoms with Crippen molar-refractivity contribution in [2.75, 3.05) is 4.90 Å². The van der Waals surface area contributed by atoms with Crippen molar-refractivity contribution >= 4 is 39.8 Å². The van der Waals surface area contributed by atoms with Crippen molar-refractivity contribution in [1.82, 2.24) is 4.98 Å². The van der Waals surface area contributed by atoms with Gasteiger partial charge in [0.05, 0.1) is 11.4 Å². The van der Waals surface area contributed by atoms with Crippen LogP contribution in [-0.4, -0.2) is 10.9 Å². The van der Waals surface area contributed by atoms with Crippen LogP contribution in [0.25, 0.3) is 0 Å². The van der Waals surface area contributed by atoms with Crippen LogP contribution >= 0.6 is 23.1 Å². The summed E-state index contributed by atoms with van der Waals surface area (Å²) in [6.07, 6.45) is 0.984. The molecule has 3 rings (SSSR count). The number of rotatable bonds is 6. The van der Waals surface area contributed by atoms with E-state index in [1.165, 1.54) is 27.4 Å². The molecule has 0 aliphatic rings. The lowest BCUT2D eigenvalue weighted by molar-refractivity contribution is -0.115. The van der Waals surface area contributed by atoms with Crippen molar-refractivity contribution in [3.8, 4) is 0 Å². The van der Waals surface area contributed by atoms with E-state index in [-0.39, 0.29) is 5.91 Å². The molecule has 0 unspecified atom stereocenters. The number of carbonyl (C=O) groups is 1. The molecule has 0 spiro atoms. The Labute approximate surface area is 163 Å². The number of anilines is 2. The lowest BCUT2D eigenvalue weighted by atomic mass is 10.1. The van der Waals surface area contributed by atoms with E-state index in [1.807, 2.05) is 17.5 Å². The Morgan fingerprint density at radius 3 is 2.42 bits per heavy atom. The number of thioether (sulfide) groups is 1. The minimum atomic E-state index is -0.0265. The number of aryl methyl sites for hydroxylation is 2. The lowest BCUT2D eigenvalue weighted by Crippen LogP contribution is -2.22. The maximum Gasteiger partial charge on any atom is 0.230 e. The molecule has 134 valence electrons. The average molecular weight is 383 g/mol. The molecule has 0 atom stereocenters. The molecule has 2 aromatic carbocycles. The quantitative estimate of drug-likeness (QED) is 0.491. The molecule has 1 aromatic heterocycles. The van der Waals surface area contributed by atoms with E-state index in [0.717, 1.165) is 28.7 Å². The van der Waals surface area contributed by atoms with Gasteiger partial charge in [-0.15, -0.1) is 23.1 Å². The Morgan fingerprint density at radius 2 is 1.81 bits per heavy atom. The largest absolute Gasteiger partial charge is 0.274 e. The van der Waals surface area contributed by atoms with E-state index in [4.69, 9.17) is 0 Å². The van der Waals surface area contributed by atoms with Gasteiger partial charge < -0.3 is 0 Å². The van der Waals surface area contributed by atoms with Gasteiger partial charge in [0.2, 0.25) is 5.91 Å². The third kappa shape index (κ3) is 4.54. The van der Waals surface area contributed by atoms with Crippen molar-refractivity contribution in [2.24, 2.45) is 0 Å². The Balaban J connectivity index is 1.74. The fourth-order valence-corrected chi connectivity index (χ4v) is 4.35. The fraction of sp³-hybridized carbons (Fsp3) is 0.238. The van der Waals surface area contributed by atoms with Crippen LogP contribution in [-0.2, 0) is 17.0 Å². The van der Waals surface area contributed by atoms with Crippen molar-refractivity contribution in [3.63, 3.8) is 0 Å². The van der Waals surface area contributed by atoms with Gasteiger partial charge in [-0.3, -0.25) is 9.69 Å². The number of amides is 1. The van der Waals surface area contributed by atoms with Crippen LogP contribution in [0.4, 0.5) is 10.8 Å². The van der Waals surface area contributed by atoms with Gasteiger partial charge in [-0.25, -0.2) is 4.98 Å². The van der Waals surface area contributed by atoms with E-state index in [0.29, 0.717) is 0 Å². The number of carbonyl (C=O) groups excluding carboxylic acids is 1. The van der Waals surface area contributed by atoms with E-state index in [1.54, 1.807) is 23.6 Å². The van der Waals surface area contributed by atoms with E-state index in [2.05, 4.69) is 55.2 Å². The van der Waals surface area contributed by atoms with Crippen molar-refractivity contribution in [2.45, 2.75) is 37.8 Å². The molecule has 0 saturated heterocycles. The number of hydrogen-bond donors (Lipinski definition) is 0. The highest BCUT2D eigenvalue weighted by Gasteiger charge is 2.18. The normalized spacial score (nSPS) is 10.7. The second-order valence-corrected chi connectivity index (χ2v) is 7.98. The molecule has 3 nitrogen and oxygen atoms in total. The second-order valence-electron chi connectivity index (χ2n) is 6.10. The van der Waals surface area contributed by atoms with Gasteiger partial charge in [0.15, 0.2) is 5.13 Å². The molecule has 0 aliphatic carbocycles. The van der Waals surface area contributed by atoms with E-state index in [9.17, 15) is 4.79 Å². The first-order valence-corrected chi connectivity index (χ1v) is 10.5. The first kappa shape index (κ1) is 18.7. The third-order valence-corrected chi connectivity index (χ3v) is 5.98.